The van der Waals surface area contributed by atoms with Crippen LogP contribution in [0.5, 0.6) is 5.75 Å². The van der Waals surface area contributed by atoms with E-state index in [1.807, 2.05) is 22.8 Å². The van der Waals surface area contributed by atoms with Gasteiger partial charge in [0, 0.05) is 42.1 Å². The van der Waals surface area contributed by atoms with Crippen molar-refractivity contribution in [1.82, 2.24) is 9.55 Å². The molecule has 0 spiro atoms. The highest BCUT2D eigenvalue weighted by atomic mass is 19.1. The lowest BCUT2D eigenvalue weighted by Gasteiger charge is -2.21. The molecule has 34 heavy (non-hydrogen) atoms. The molecular formula is C26H18FN3O4. The molecule has 8 heteroatoms. The number of aldehydes is 1. The highest BCUT2D eigenvalue weighted by Gasteiger charge is 2.24. The van der Waals surface area contributed by atoms with E-state index in [0.717, 1.165) is 16.8 Å². The highest BCUT2D eigenvalue weighted by molar-refractivity contribution is 6.09. The van der Waals surface area contributed by atoms with Gasteiger partial charge in [-0.1, -0.05) is 6.07 Å². The number of hydrogen-bond donors (Lipinski definition) is 1. The number of furan rings is 1. The lowest BCUT2D eigenvalue weighted by atomic mass is 10.0. The Morgan fingerprint density at radius 3 is 2.79 bits per heavy atom. The van der Waals surface area contributed by atoms with Crippen molar-refractivity contribution in [2.24, 2.45) is 0 Å². The van der Waals surface area contributed by atoms with E-state index in [-0.39, 0.29) is 29.7 Å². The molecule has 2 aromatic carbocycles. The van der Waals surface area contributed by atoms with Crippen LogP contribution in [0.2, 0.25) is 0 Å². The number of ketones is 1. The molecule has 0 atom stereocenters. The Balaban J connectivity index is 1.58. The first kappa shape index (κ1) is 20.2. The maximum Gasteiger partial charge on any atom is 0.195 e. The Morgan fingerprint density at radius 1 is 1.18 bits per heavy atom. The Labute approximate surface area is 192 Å². The number of benzene rings is 2. The Kier molecular flexibility index (Phi) is 4.32. The normalized spacial score (nSPS) is 12.3. The van der Waals surface area contributed by atoms with Crippen LogP contribution in [0.15, 0.2) is 52.9 Å². The molecule has 0 saturated carbocycles. The predicted molar refractivity (Wildman–Crippen MR) is 126 cm³/mol. The fourth-order valence-corrected chi connectivity index (χ4v) is 4.57. The Hall–Kier alpha value is -4.46. The van der Waals surface area contributed by atoms with E-state index in [1.165, 1.54) is 13.0 Å². The van der Waals surface area contributed by atoms with Gasteiger partial charge in [-0.05, 0) is 36.4 Å². The SMILES string of the molecule is CNc1cc2oc(C(C)=O)c(C=O)c2cc1-c1ccc2c(n1)-c1cc3c(F)cccc3n1CO2. The van der Waals surface area contributed by atoms with Gasteiger partial charge >= 0.3 is 0 Å². The zero-order valence-electron chi connectivity index (χ0n) is 18.3. The summed E-state index contributed by atoms with van der Waals surface area (Å²) >= 11 is 0. The van der Waals surface area contributed by atoms with Gasteiger partial charge in [0.2, 0.25) is 0 Å². The third kappa shape index (κ3) is 2.78. The number of anilines is 1. The van der Waals surface area contributed by atoms with Crippen LogP contribution in [0.3, 0.4) is 0 Å². The van der Waals surface area contributed by atoms with Crippen LogP contribution in [0, 0.1) is 5.82 Å². The molecule has 0 unspecified atom stereocenters. The van der Waals surface area contributed by atoms with Crippen LogP contribution in [0.25, 0.3) is 44.5 Å². The summed E-state index contributed by atoms with van der Waals surface area (Å²) < 4.78 is 27.9. The number of halogens is 1. The third-order valence-corrected chi connectivity index (χ3v) is 6.19. The first-order chi connectivity index (χ1) is 16.5. The molecule has 3 aromatic heterocycles. The number of pyridine rings is 1. The predicted octanol–water partition coefficient (Wildman–Crippen LogP) is 5.66. The largest absolute Gasteiger partial charge is 0.470 e. The summed E-state index contributed by atoms with van der Waals surface area (Å²) in [7, 11) is 1.77. The maximum absolute atomic E-state index is 14.4. The van der Waals surface area contributed by atoms with Crippen LogP contribution >= 0.6 is 0 Å². The molecule has 0 fully saturated rings. The van der Waals surface area contributed by atoms with Crippen molar-refractivity contribution in [1.29, 1.82) is 0 Å². The minimum Gasteiger partial charge on any atom is -0.470 e. The smallest absolute Gasteiger partial charge is 0.195 e. The molecule has 7 nitrogen and oxygen atoms in total. The number of nitrogens with one attached hydrogen (secondary N) is 1. The molecule has 1 N–H and O–H groups in total. The standard InChI is InChI=1S/C26H18FN3O4/c1-13(32)26-17(11-31)14-8-16(20(28-2)10-24(14)34-26)19-6-7-23-25(29-19)22-9-15-18(27)4-3-5-21(15)30(22)12-33-23/h3-11,28H,12H2,1-2H3. The van der Waals surface area contributed by atoms with Gasteiger partial charge in [-0.3, -0.25) is 9.59 Å². The quantitative estimate of drug-likeness (QED) is 0.278. The Bertz CT molecular complexity index is 1660. The van der Waals surface area contributed by atoms with Gasteiger partial charge in [-0.15, -0.1) is 0 Å². The molecule has 0 aliphatic carbocycles. The molecule has 5 aromatic rings. The van der Waals surface area contributed by atoms with Crippen molar-refractivity contribution in [2.45, 2.75) is 13.7 Å². The van der Waals surface area contributed by atoms with Crippen LogP contribution in [-0.4, -0.2) is 28.7 Å². The summed E-state index contributed by atoms with van der Waals surface area (Å²) in [5, 5.41) is 4.16. The van der Waals surface area contributed by atoms with Crippen LogP contribution < -0.4 is 10.1 Å². The van der Waals surface area contributed by atoms with E-state index < -0.39 is 0 Å². The third-order valence-electron chi connectivity index (χ3n) is 6.19. The summed E-state index contributed by atoms with van der Waals surface area (Å²) in [6.07, 6.45) is 0.631. The Morgan fingerprint density at radius 2 is 2.03 bits per heavy atom. The fourth-order valence-electron chi connectivity index (χ4n) is 4.57. The number of rotatable bonds is 4. The van der Waals surface area contributed by atoms with Gasteiger partial charge in [-0.2, -0.15) is 0 Å². The molecule has 0 amide bonds. The molecule has 0 bridgehead atoms. The van der Waals surface area contributed by atoms with E-state index in [0.29, 0.717) is 45.5 Å². The van der Waals surface area contributed by atoms with Crippen molar-refractivity contribution in [3.05, 3.63) is 65.7 Å². The van der Waals surface area contributed by atoms with E-state index in [2.05, 4.69) is 5.32 Å². The first-order valence-corrected chi connectivity index (χ1v) is 10.7. The fraction of sp³-hybridized carbons (Fsp3) is 0.115. The molecule has 1 aliphatic rings. The van der Waals surface area contributed by atoms with Gasteiger partial charge < -0.3 is 19.0 Å². The maximum atomic E-state index is 14.4. The van der Waals surface area contributed by atoms with E-state index >= 15 is 0 Å². The molecule has 6 rings (SSSR count). The lowest BCUT2D eigenvalue weighted by molar-refractivity contribution is 0.0981. The van der Waals surface area contributed by atoms with Crippen LogP contribution in [0.4, 0.5) is 10.1 Å². The lowest BCUT2D eigenvalue weighted by Crippen LogP contribution is -2.13. The second kappa shape index (κ2) is 7.28. The summed E-state index contributed by atoms with van der Waals surface area (Å²) in [6, 6.07) is 13.9. The second-order valence-electron chi connectivity index (χ2n) is 8.11. The van der Waals surface area contributed by atoms with Crippen molar-refractivity contribution in [3.63, 3.8) is 0 Å². The second-order valence-corrected chi connectivity index (χ2v) is 8.11. The number of carbonyl (C=O) groups is 2. The molecule has 1 aliphatic heterocycles. The van der Waals surface area contributed by atoms with Crippen LogP contribution in [-0.2, 0) is 6.73 Å². The molecular weight excluding hydrogens is 437 g/mol. The van der Waals surface area contributed by atoms with Gasteiger partial charge in [0.05, 0.1) is 22.5 Å². The summed E-state index contributed by atoms with van der Waals surface area (Å²) in [5.41, 5.74) is 4.77. The van der Waals surface area contributed by atoms with E-state index in [9.17, 15) is 14.0 Å². The zero-order chi connectivity index (χ0) is 23.6. The topological polar surface area (TPSA) is 86.4 Å². The molecule has 168 valence electrons. The number of aromatic nitrogens is 2. The number of Topliss-reactive ketones (excluding diaryl/α,β-unsaturated/α-hetero) is 1. The molecule has 0 saturated heterocycles. The zero-order valence-corrected chi connectivity index (χ0v) is 18.3. The van der Waals surface area contributed by atoms with Gasteiger partial charge in [0.25, 0.3) is 0 Å². The highest BCUT2D eigenvalue weighted by Crippen LogP contribution is 2.41. The average molecular weight is 455 g/mol. The van der Waals surface area contributed by atoms with E-state index in [1.54, 1.807) is 31.3 Å². The van der Waals surface area contributed by atoms with Crippen LogP contribution in [0.1, 0.15) is 27.8 Å². The summed E-state index contributed by atoms with van der Waals surface area (Å²) in [4.78, 5) is 28.6. The average Bonchev–Trinajstić information content (AvgIpc) is 3.42. The van der Waals surface area contributed by atoms with Crippen molar-refractivity contribution in [3.8, 4) is 28.4 Å². The number of ether oxygens (including phenoxy) is 1. The number of carbonyl (C=O) groups excluding carboxylic acids is 2. The number of fused-ring (bicyclic) bond motifs is 6. The summed E-state index contributed by atoms with van der Waals surface area (Å²) in [6.45, 7) is 1.62. The van der Waals surface area contributed by atoms with Gasteiger partial charge in [0.1, 0.15) is 22.8 Å². The monoisotopic (exact) mass is 455 g/mol. The van der Waals surface area contributed by atoms with Crippen molar-refractivity contribution in [2.75, 3.05) is 12.4 Å². The minimum absolute atomic E-state index is 0.0301. The van der Waals surface area contributed by atoms with Gasteiger partial charge in [0.15, 0.2) is 24.6 Å². The number of nitrogens with zero attached hydrogens (tertiary/aromatic N) is 2. The minimum atomic E-state index is -0.324. The summed E-state index contributed by atoms with van der Waals surface area (Å²) in [5.74, 6) is 0.00229. The molecule has 0 radical (unpaired) electrons. The molecule has 4 heterocycles. The van der Waals surface area contributed by atoms with E-state index in [4.69, 9.17) is 14.1 Å². The van der Waals surface area contributed by atoms with Crippen molar-refractivity contribution >= 4 is 39.6 Å². The van der Waals surface area contributed by atoms with Gasteiger partial charge in [-0.25, -0.2) is 9.37 Å². The number of hydrogen-bond acceptors (Lipinski definition) is 6. The van der Waals surface area contributed by atoms with Crippen molar-refractivity contribution < 1.29 is 23.1 Å². The first-order valence-electron chi connectivity index (χ1n) is 10.7.